The van der Waals surface area contributed by atoms with Crippen LogP contribution in [0.15, 0.2) is 11.6 Å². The van der Waals surface area contributed by atoms with Crippen molar-refractivity contribution in [3.8, 4) is 0 Å². The molecule has 0 atom stereocenters. The van der Waals surface area contributed by atoms with Gasteiger partial charge in [-0.3, -0.25) is 14.5 Å². The average molecular weight is 196 g/mol. The molecule has 0 spiro atoms. The standard InChI is InChI=1S/C10H16N2O2/c1-7(2)11-4-5-12-9(13)6-8(3)10(12)14/h6-7,11H,4-5H2,1-3H3. The van der Waals surface area contributed by atoms with Crippen LogP contribution < -0.4 is 5.32 Å². The fourth-order valence-electron chi connectivity index (χ4n) is 1.31. The molecule has 1 aliphatic heterocycles. The van der Waals surface area contributed by atoms with Crippen LogP contribution in [0.5, 0.6) is 0 Å². The Labute approximate surface area is 84.0 Å². The van der Waals surface area contributed by atoms with E-state index in [-0.39, 0.29) is 11.8 Å². The van der Waals surface area contributed by atoms with Gasteiger partial charge in [-0.05, 0) is 6.92 Å². The summed E-state index contributed by atoms with van der Waals surface area (Å²) in [7, 11) is 0. The van der Waals surface area contributed by atoms with Gasteiger partial charge >= 0.3 is 0 Å². The first kappa shape index (κ1) is 10.9. The number of hydrogen-bond donors (Lipinski definition) is 1. The third-order valence-corrected chi connectivity index (χ3v) is 2.08. The van der Waals surface area contributed by atoms with Crippen LogP contribution in [0.1, 0.15) is 20.8 Å². The molecule has 1 rings (SSSR count). The largest absolute Gasteiger partial charge is 0.313 e. The Morgan fingerprint density at radius 2 is 2.07 bits per heavy atom. The predicted octanol–water partition coefficient (Wildman–Crippen LogP) is 0.299. The Morgan fingerprint density at radius 1 is 1.43 bits per heavy atom. The lowest BCUT2D eigenvalue weighted by Crippen LogP contribution is -2.38. The monoisotopic (exact) mass is 196 g/mol. The maximum Gasteiger partial charge on any atom is 0.256 e. The zero-order valence-electron chi connectivity index (χ0n) is 8.83. The van der Waals surface area contributed by atoms with Gasteiger partial charge in [-0.15, -0.1) is 0 Å². The maximum atomic E-state index is 11.4. The molecule has 0 aromatic carbocycles. The molecule has 78 valence electrons. The molecule has 0 aromatic heterocycles. The quantitative estimate of drug-likeness (QED) is 0.658. The zero-order valence-corrected chi connectivity index (χ0v) is 8.83. The van der Waals surface area contributed by atoms with Gasteiger partial charge in [0, 0.05) is 30.8 Å². The highest BCUT2D eigenvalue weighted by Gasteiger charge is 2.27. The molecule has 0 fully saturated rings. The second-order valence-corrected chi connectivity index (χ2v) is 3.73. The van der Waals surface area contributed by atoms with Crippen molar-refractivity contribution in [3.63, 3.8) is 0 Å². The lowest BCUT2D eigenvalue weighted by Gasteiger charge is -2.15. The summed E-state index contributed by atoms with van der Waals surface area (Å²) in [5, 5.41) is 3.16. The fourth-order valence-corrected chi connectivity index (χ4v) is 1.31. The maximum absolute atomic E-state index is 11.4. The number of amides is 2. The number of nitrogens with zero attached hydrogens (tertiary/aromatic N) is 1. The van der Waals surface area contributed by atoms with Crippen LogP contribution in [-0.4, -0.2) is 35.8 Å². The molecule has 0 aliphatic carbocycles. The zero-order chi connectivity index (χ0) is 10.7. The Morgan fingerprint density at radius 3 is 2.50 bits per heavy atom. The molecular formula is C10H16N2O2. The molecule has 0 bridgehead atoms. The van der Waals surface area contributed by atoms with Crippen LogP contribution in [0.4, 0.5) is 0 Å². The summed E-state index contributed by atoms with van der Waals surface area (Å²) in [6.45, 7) is 6.81. The van der Waals surface area contributed by atoms with Crippen LogP contribution in [0.25, 0.3) is 0 Å². The third kappa shape index (κ3) is 2.42. The SMILES string of the molecule is CC1=CC(=O)N(CCNC(C)C)C1=O. The van der Waals surface area contributed by atoms with Gasteiger partial charge in [0.2, 0.25) is 0 Å². The van der Waals surface area contributed by atoms with Gasteiger partial charge in [0.1, 0.15) is 0 Å². The third-order valence-electron chi connectivity index (χ3n) is 2.08. The molecule has 4 heteroatoms. The van der Waals surface area contributed by atoms with Gasteiger partial charge in [0.15, 0.2) is 0 Å². The van der Waals surface area contributed by atoms with E-state index in [1.165, 1.54) is 11.0 Å². The summed E-state index contributed by atoms with van der Waals surface area (Å²) in [5.74, 6) is -0.362. The minimum absolute atomic E-state index is 0.166. The lowest BCUT2D eigenvalue weighted by atomic mass is 10.3. The summed E-state index contributed by atoms with van der Waals surface area (Å²) >= 11 is 0. The van der Waals surface area contributed by atoms with Crippen molar-refractivity contribution in [2.75, 3.05) is 13.1 Å². The van der Waals surface area contributed by atoms with Crippen molar-refractivity contribution < 1.29 is 9.59 Å². The van der Waals surface area contributed by atoms with E-state index in [2.05, 4.69) is 5.32 Å². The van der Waals surface area contributed by atoms with E-state index >= 15 is 0 Å². The summed E-state index contributed by atoms with van der Waals surface area (Å²) in [4.78, 5) is 23.9. The van der Waals surface area contributed by atoms with E-state index < -0.39 is 0 Å². The Kier molecular flexibility index (Phi) is 3.41. The van der Waals surface area contributed by atoms with Crippen LogP contribution in [-0.2, 0) is 9.59 Å². The highest BCUT2D eigenvalue weighted by atomic mass is 16.2. The number of hydrogen-bond acceptors (Lipinski definition) is 3. The van der Waals surface area contributed by atoms with Gasteiger partial charge in [-0.25, -0.2) is 0 Å². The molecule has 1 heterocycles. The van der Waals surface area contributed by atoms with E-state index in [1.807, 2.05) is 13.8 Å². The number of carbonyl (C=O) groups is 2. The summed E-state index contributed by atoms with van der Waals surface area (Å²) in [6, 6.07) is 0.372. The minimum atomic E-state index is -0.196. The van der Waals surface area contributed by atoms with Crippen LogP contribution in [0.2, 0.25) is 0 Å². The van der Waals surface area contributed by atoms with Gasteiger partial charge in [-0.1, -0.05) is 13.8 Å². The first-order chi connectivity index (χ1) is 6.52. The van der Waals surface area contributed by atoms with Gasteiger partial charge in [0.05, 0.1) is 0 Å². The molecule has 0 saturated carbocycles. The molecule has 1 N–H and O–H groups in total. The number of imide groups is 1. The molecule has 0 radical (unpaired) electrons. The van der Waals surface area contributed by atoms with Crippen molar-refractivity contribution in [3.05, 3.63) is 11.6 Å². The Balaban J connectivity index is 2.40. The van der Waals surface area contributed by atoms with Crippen molar-refractivity contribution in [2.24, 2.45) is 0 Å². The van der Waals surface area contributed by atoms with Crippen molar-refractivity contribution in [2.45, 2.75) is 26.8 Å². The number of carbonyl (C=O) groups excluding carboxylic acids is 2. The molecular weight excluding hydrogens is 180 g/mol. The molecule has 14 heavy (non-hydrogen) atoms. The lowest BCUT2D eigenvalue weighted by molar-refractivity contribution is -0.137. The molecule has 0 aromatic rings. The first-order valence-corrected chi connectivity index (χ1v) is 4.80. The van der Waals surface area contributed by atoms with Crippen molar-refractivity contribution >= 4 is 11.8 Å². The van der Waals surface area contributed by atoms with E-state index in [4.69, 9.17) is 0 Å². The number of nitrogens with one attached hydrogen (secondary N) is 1. The van der Waals surface area contributed by atoms with Crippen molar-refractivity contribution in [1.29, 1.82) is 0 Å². The molecule has 0 saturated heterocycles. The topological polar surface area (TPSA) is 49.4 Å². The average Bonchev–Trinajstić information content (AvgIpc) is 2.31. The first-order valence-electron chi connectivity index (χ1n) is 4.80. The van der Waals surface area contributed by atoms with Crippen LogP contribution >= 0.6 is 0 Å². The highest BCUT2D eigenvalue weighted by Crippen LogP contribution is 2.10. The minimum Gasteiger partial charge on any atom is -0.313 e. The summed E-state index contributed by atoms with van der Waals surface area (Å²) in [6.07, 6.45) is 1.39. The van der Waals surface area contributed by atoms with E-state index in [9.17, 15) is 9.59 Å². The van der Waals surface area contributed by atoms with E-state index in [0.29, 0.717) is 24.7 Å². The Bertz CT molecular complexity index is 282. The highest BCUT2D eigenvalue weighted by molar-refractivity contribution is 6.15. The van der Waals surface area contributed by atoms with Gasteiger partial charge < -0.3 is 5.32 Å². The van der Waals surface area contributed by atoms with E-state index in [0.717, 1.165) is 0 Å². The molecule has 4 nitrogen and oxygen atoms in total. The van der Waals surface area contributed by atoms with Crippen LogP contribution in [0.3, 0.4) is 0 Å². The predicted molar refractivity (Wildman–Crippen MR) is 53.6 cm³/mol. The van der Waals surface area contributed by atoms with Gasteiger partial charge in [-0.2, -0.15) is 0 Å². The van der Waals surface area contributed by atoms with E-state index in [1.54, 1.807) is 6.92 Å². The second-order valence-electron chi connectivity index (χ2n) is 3.73. The second kappa shape index (κ2) is 4.37. The van der Waals surface area contributed by atoms with Gasteiger partial charge in [0.25, 0.3) is 11.8 Å². The van der Waals surface area contributed by atoms with Crippen LogP contribution in [0, 0.1) is 0 Å². The number of rotatable bonds is 4. The Hall–Kier alpha value is -1.16. The smallest absolute Gasteiger partial charge is 0.256 e. The summed E-state index contributed by atoms with van der Waals surface area (Å²) < 4.78 is 0. The molecule has 0 unspecified atom stereocenters. The summed E-state index contributed by atoms with van der Waals surface area (Å²) in [5.41, 5.74) is 0.527. The normalized spacial score (nSPS) is 16.9. The van der Waals surface area contributed by atoms with Crippen molar-refractivity contribution in [1.82, 2.24) is 10.2 Å². The fraction of sp³-hybridized carbons (Fsp3) is 0.600. The molecule has 1 aliphatic rings. The molecule has 2 amide bonds.